The zero-order chi connectivity index (χ0) is 30.4. The molecule has 0 aromatic heterocycles. The number of imide groups is 1. The lowest BCUT2D eigenvalue weighted by Crippen LogP contribution is -2.49. The molecule has 0 saturated carbocycles. The number of carboxylic acid groups (broad SMARTS) is 1. The smallest absolute Gasteiger partial charge is 0.417 e. The third kappa shape index (κ3) is 6.86. The number of ether oxygens (including phenoxy) is 2. The van der Waals surface area contributed by atoms with Gasteiger partial charge in [-0.1, -0.05) is 48.5 Å². The largest absolute Gasteiger partial charge is 0.480 e. The van der Waals surface area contributed by atoms with E-state index in [9.17, 15) is 24.3 Å². The molecule has 0 heterocycles. The summed E-state index contributed by atoms with van der Waals surface area (Å²) < 4.78 is 11.1. The minimum atomic E-state index is -1.47. The van der Waals surface area contributed by atoms with Crippen molar-refractivity contribution < 1.29 is 33.8 Å². The van der Waals surface area contributed by atoms with Crippen molar-refractivity contribution in [1.82, 2.24) is 4.90 Å². The molecule has 42 heavy (non-hydrogen) atoms. The van der Waals surface area contributed by atoms with E-state index in [-0.39, 0.29) is 30.1 Å². The van der Waals surface area contributed by atoms with E-state index in [2.05, 4.69) is 0 Å². The van der Waals surface area contributed by atoms with Crippen molar-refractivity contribution >= 4 is 23.9 Å². The summed E-state index contributed by atoms with van der Waals surface area (Å²) in [6.07, 6.45) is -0.122. The molecule has 1 aliphatic rings. The van der Waals surface area contributed by atoms with Gasteiger partial charge in [0.05, 0.1) is 5.56 Å². The molecular formula is C33H36N2O7. The van der Waals surface area contributed by atoms with E-state index >= 15 is 0 Å². The quantitative estimate of drug-likeness (QED) is 0.236. The first-order valence-electron chi connectivity index (χ1n) is 14.0. The molecule has 2 amide bonds. The number of hydrogen-bond acceptors (Lipinski definition) is 7. The summed E-state index contributed by atoms with van der Waals surface area (Å²) in [6.45, 7) is 5.49. The van der Waals surface area contributed by atoms with Crippen molar-refractivity contribution in [3.05, 3.63) is 95.1 Å². The van der Waals surface area contributed by atoms with E-state index in [4.69, 9.17) is 15.2 Å². The summed E-state index contributed by atoms with van der Waals surface area (Å²) >= 11 is 0. The standard InChI is InChI=1S/C33H36N2O7/c1-33(2,3)42-31(39)22-17-15-21(16-18-22)29(36)35(28(30(37)38)14-8-9-19-34)32(40)41-20-27-25-12-6-4-10-23(25)24-11-5-7-13-26(24)27/h4-7,10-13,15-18,27-28H,8-9,14,19-20,34H2,1-3H3,(H,37,38). The van der Waals surface area contributed by atoms with Crippen LogP contribution in [0.3, 0.4) is 0 Å². The fourth-order valence-corrected chi connectivity index (χ4v) is 5.09. The number of nitrogens with two attached hydrogens (primary N) is 1. The highest BCUT2D eigenvalue weighted by atomic mass is 16.6. The minimum absolute atomic E-state index is 0.0124. The van der Waals surface area contributed by atoms with E-state index in [0.717, 1.165) is 22.3 Å². The summed E-state index contributed by atoms with van der Waals surface area (Å²) in [5.74, 6) is -3.02. The Hall–Kier alpha value is -4.50. The Balaban J connectivity index is 1.60. The number of carboxylic acids is 1. The van der Waals surface area contributed by atoms with Gasteiger partial charge in [-0.2, -0.15) is 0 Å². The molecule has 0 bridgehead atoms. The van der Waals surface area contributed by atoms with Gasteiger partial charge in [0.25, 0.3) is 5.91 Å². The van der Waals surface area contributed by atoms with E-state index < -0.39 is 35.6 Å². The Morgan fingerprint density at radius 1 is 0.857 bits per heavy atom. The second-order valence-corrected chi connectivity index (χ2v) is 11.2. The van der Waals surface area contributed by atoms with Crippen LogP contribution in [0, 0.1) is 0 Å². The van der Waals surface area contributed by atoms with Crippen LogP contribution in [0.1, 0.15) is 77.8 Å². The molecule has 0 aliphatic heterocycles. The number of hydrogen-bond donors (Lipinski definition) is 2. The summed E-state index contributed by atoms with van der Waals surface area (Å²) in [5, 5.41) is 10.1. The van der Waals surface area contributed by atoms with E-state index in [1.807, 2.05) is 48.5 Å². The zero-order valence-corrected chi connectivity index (χ0v) is 24.0. The molecular weight excluding hydrogens is 536 g/mol. The van der Waals surface area contributed by atoms with Gasteiger partial charge < -0.3 is 20.3 Å². The fraction of sp³-hybridized carbons (Fsp3) is 0.333. The molecule has 1 unspecified atom stereocenters. The highest BCUT2D eigenvalue weighted by Gasteiger charge is 2.38. The van der Waals surface area contributed by atoms with Crippen LogP contribution in [0.15, 0.2) is 72.8 Å². The maximum atomic E-state index is 13.7. The van der Waals surface area contributed by atoms with Crippen LogP contribution in [0.2, 0.25) is 0 Å². The van der Waals surface area contributed by atoms with Gasteiger partial charge in [-0.3, -0.25) is 4.79 Å². The molecule has 3 N–H and O–H groups in total. The van der Waals surface area contributed by atoms with Gasteiger partial charge in [0.15, 0.2) is 0 Å². The number of benzene rings is 3. The highest BCUT2D eigenvalue weighted by Crippen LogP contribution is 2.44. The topological polar surface area (TPSA) is 136 Å². The zero-order valence-electron chi connectivity index (χ0n) is 24.0. The van der Waals surface area contributed by atoms with Crippen LogP contribution >= 0.6 is 0 Å². The van der Waals surface area contributed by atoms with Gasteiger partial charge in [-0.15, -0.1) is 0 Å². The Morgan fingerprint density at radius 3 is 1.93 bits per heavy atom. The number of nitrogens with zero attached hydrogens (tertiary/aromatic N) is 1. The van der Waals surface area contributed by atoms with Gasteiger partial charge in [0, 0.05) is 11.5 Å². The molecule has 9 heteroatoms. The second kappa shape index (κ2) is 13.0. The van der Waals surface area contributed by atoms with E-state index in [1.165, 1.54) is 24.3 Å². The maximum absolute atomic E-state index is 13.7. The lowest BCUT2D eigenvalue weighted by atomic mass is 9.98. The molecule has 0 radical (unpaired) electrons. The molecule has 9 nitrogen and oxygen atoms in total. The number of rotatable bonds is 10. The SMILES string of the molecule is CC(C)(C)OC(=O)c1ccc(C(=O)N(C(=O)OCC2c3ccccc3-c3ccccc32)C(CCCCN)C(=O)O)cc1. The van der Waals surface area contributed by atoms with Crippen molar-refractivity contribution in [3.63, 3.8) is 0 Å². The number of carbonyl (C=O) groups excluding carboxylic acids is 3. The van der Waals surface area contributed by atoms with Crippen molar-refractivity contribution in [1.29, 1.82) is 0 Å². The normalized spacial score (nSPS) is 13.0. The van der Waals surface area contributed by atoms with Gasteiger partial charge in [0.1, 0.15) is 18.2 Å². The van der Waals surface area contributed by atoms with Crippen LogP contribution in [0.5, 0.6) is 0 Å². The van der Waals surface area contributed by atoms with Crippen LogP contribution in [0.25, 0.3) is 11.1 Å². The summed E-state index contributed by atoms with van der Waals surface area (Å²) in [5.41, 5.74) is 9.18. The van der Waals surface area contributed by atoms with E-state index in [1.54, 1.807) is 20.8 Å². The molecule has 1 atom stereocenters. The van der Waals surface area contributed by atoms with Crippen molar-refractivity contribution in [2.45, 2.75) is 57.6 Å². The first-order valence-corrected chi connectivity index (χ1v) is 14.0. The third-order valence-electron chi connectivity index (χ3n) is 7.05. The Labute approximate surface area is 245 Å². The van der Waals surface area contributed by atoms with E-state index in [0.29, 0.717) is 24.3 Å². The van der Waals surface area contributed by atoms with Gasteiger partial charge in [0.2, 0.25) is 0 Å². The summed E-state index contributed by atoms with van der Waals surface area (Å²) in [6, 6.07) is 19.7. The first-order chi connectivity index (χ1) is 20.0. The van der Waals surface area contributed by atoms with Crippen molar-refractivity contribution in [2.24, 2.45) is 5.73 Å². The molecule has 3 aromatic rings. The predicted molar refractivity (Wildman–Crippen MR) is 157 cm³/mol. The summed E-state index contributed by atoms with van der Waals surface area (Å²) in [4.78, 5) is 52.7. The Bertz CT molecular complexity index is 1410. The van der Waals surface area contributed by atoms with Crippen LogP contribution < -0.4 is 5.73 Å². The molecule has 0 spiro atoms. The number of aliphatic carboxylic acids is 1. The Kier molecular flexibility index (Phi) is 9.42. The molecule has 220 valence electrons. The van der Waals surface area contributed by atoms with Crippen molar-refractivity contribution in [3.8, 4) is 11.1 Å². The Morgan fingerprint density at radius 2 is 1.40 bits per heavy atom. The van der Waals surface area contributed by atoms with Gasteiger partial charge >= 0.3 is 18.0 Å². The first kappa shape index (κ1) is 30.5. The minimum Gasteiger partial charge on any atom is -0.480 e. The van der Waals surface area contributed by atoms with Gasteiger partial charge in [-0.25, -0.2) is 19.3 Å². The molecule has 1 aliphatic carbocycles. The predicted octanol–water partition coefficient (Wildman–Crippen LogP) is 5.62. The lowest BCUT2D eigenvalue weighted by Gasteiger charge is -2.27. The van der Waals surface area contributed by atoms with Crippen LogP contribution in [-0.2, 0) is 14.3 Å². The second-order valence-electron chi connectivity index (χ2n) is 11.2. The highest BCUT2D eigenvalue weighted by molar-refractivity contribution is 6.06. The molecule has 3 aromatic carbocycles. The van der Waals surface area contributed by atoms with Crippen LogP contribution in [-0.4, -0.2) is 58.7 Å². The maximum Gasteiger partial charge on any atom is 0.417 e. The summed E-state index contributed by atoms with van der Waals surface area (Å²) in [7, 11) is 0. The number of fused-ring (bicyclic) bond motifs is 3. The average Bonchev–Trinajstić information content (AvgIpc) is 3.28. The van der Waals surface area contributed by atoms with Gasteiger partial charge in [-0.05, 0) is 93.1 Å². The van der Waals surface area contributed by atoms with Crippen molar-refractivity contribution in [2.75, 3.05) is 13.2 Å². The lowest BCUT2D eigenvalue weighted by molar-refractivity contribution is -0.142. The number of unbranched alkanes of at least 4 members (excludes halogenated alkanes) is 1. The molecule has 4 rings (SSSR count). The van der Waals surface area contributed by atoms with Crippen LogP contribution in [0.4, 0.5) is 4.79 Å². The average molecular weight is 573 g/mol. The monoisotopic (exact) mass is 572 g/mol. The number of carbonyl (C=O) groups is 4. The fourth-order valence-electron chi connectivity index (χ4n) is 5.09. The molecule has 0 saturated heterocycles. The number of amides is 2. The third-order valence-corrected chi connectivity index (χ3v) is 7.05. The number of esters is 1. The molecule has 0 fully saturated rings.